The second-order valence-electron chi connectivity index (χ2n) is 16.8. The number of allylic oxidation sites excluding steroid dienone is 1. The lowest BCUT2D eigenvalue weighted by Gasteiger charge is -2.26. The molecule has 1 nitrogen and oxygen atoms in total. The van der Waals surface area contributed by atoms with Crippen LogP contribution in [0.5, 0.6) is 5.75 Å². The lowest BCUT2D eigenvalue weighted by atomic mass is 9.79. The molecule has 0 aliphatic rings. The molecule has 0 bridgehead atoms. The predicted octanol–water partition coefficient (Wildman–Crippen LogP) is 12.2. The Kier molecular flexibility index (Phi) is 10.3. The highest BCUT2D eigenvalue weighted by Gasteiger charge is 2.24. The highest BCUT2D eigenvalue weighted by Crippen LogP contribution is 2.39. The van der Waals surface area contributed by atoms with E-state index in [2.05, 4.69) is 156 Å². The Morgan fingerprint density at radius 3 is 1.36 bits per heavy atom. The lowest BCUT2D eigenvalue weighted by Crippen LogP contribution is -2.14. The van der Waals surface area contributed by atoms with Crippen molar-refractivity contribution in [1.29, 1.82) is 0 Å². The normalized spacial score (nSPS) is 12.3. The Labute approximate surface area is 286 Å². The zero-order chi connectivity index (χ0) is 35.1. The van der Waals surface area contributed by atoms with Crippen molar-refractivity contribution in [2.45, 2.75) is 126 Å². The van der Waals surface area contributed by atoms with Crippen LogP contribution < -0.4 is 0 Å². The van der Waals surface area contributed by atoms with E-state index < -0.39 is 0 Å². The number of hydrogen-bond donors (Lipinski definition) is 1. The van der Waals surface area contributed by atoms with Gasteiger partial charge in [-0.05, 0) is 130 Å². The van der Waals surface area contributed by atoms with Gasteiger partial charge >= 0.3 is 0 Å². The maximum Gasteiger partial charge on any atom is 0.127 e. The zero-order valence-electron chi connectivity index (χ0n) is 31.5. The summed E-state index contributed by atoms with van der Waals surface area (Å²) in [5.41, 5.74) is 20.7. The van der Waals surface area contributed by atoms with Crippen molar-refractivity contribution in [2.24, 2.45) is 0 Å². The molecule has 0 spiro atoms. The van der Waals surface area contributed by atoms with E-state index in [1.165, 1.54) is 61.2 Å². The molecule has 0 aromatic heterocycles. The van der Waals surface area contributed by atoms with Gasteiger partial charge in [0.05, 0.1) is 0 Å². The fourth-order valence-electron chi connectivity index (χ4n) is 6.84. The fraction of sp³-hybridized carbons (Fsp3) is 0.413. The first kappa shape index (κ1) is 36.0. The van der Waals surface area contributed by atoms with Crippen LogP contribution in [-0.4, -0.2) is 5.11 Å². The van der Waals surface area contributed by atoms with Gasteiger partial charge in [0.2, 0.25) is 0 Å². The van der Waals surface area contributed by atoms with Crippen molar-refractivity contribution in [1.82, 2.24) is 0 Å². The van der Waals surface area contributed by atoms with E-state index in [4.69, 9.17) is 0 Å². The van der Waals surface area contributed by atoms with E-state index in [9.17, 15) is 5.11 Å². The maximum atomic E-state index is 11.3. The Hall–Kier alpha value is -3.80. The molecule has 0 saturated carbocycles. The molecule has 0 amide bonds. The van der Waals surface area contributed by atoms with Crippen LogP contribution >= 0.6 is 0 Å². The minimum atomic E-state index is -0.208. The van der Waals surface area contributed by atoms with Crippen molar-refractivity contribution in [3.63, 3.8) is 0 Å². The average molecular weight is 627 g/mol. The molecule has 4 aromatic rings. The number of hydrogen-bond acceptors (Lipinski definition) is 1. The molecular weight excluding hydrogens is 569 g/mol. The molecule has 4 aromatic carbocycles. The monoisotopic (exact) mass is 626 g/mol. The van der Waals surface area contributed by atoms with Crippen LogP contribution in [0.15, 0.2) is 73.0 Å². The largest absolute Gasteiger partial charge is 0.507 e. The predicted molar refractivity (Wildman–Crippen MR) is 204 cm³/mol. The smallest absolute Gasteiger partial charge is 0.127 e. The Bertz CT molecular complexity index is 1750. The second-order valence-corrected chi connectivity index (χ2v) is 16.8. The van der Waals surface area contributed by atoms with Gasteiger partial charge in [-0.2, -0.15) is 0 Å². The second kappa shape index (κ2) is 13.4. The highest BCUT2D eigenvalue weighted by atomic mass is 16.3. The summed E-state index contributed by atoms with van der Waals surface area (Å²) in [6.45, 7) is 33.1. The van der Waals surface area contributed by atoms with Crippen LogP contribution in [0, 0.1) is 20.8 Å². The van der Waals surface area contributed by atoms with Crippen molar-refractivity contribution in [2.75, 3.05) is 0 Å². The van der Waals surface area contributed by atoms with Gasteiger partial charge in [-0.1, -0.05) is 123 Å². The van der Waals surface area contributed by atoms with Gasteiger partial charge in [0.25, 0.3) is 0 Å². The van der Waals surface area contributed by atoms with Crippen LogP contribution in [0.25, 0.3) is 5.57 Å². The molecule has 0 atom stereocenters. The number of phenols is 1. The van der Waals surface area contributed by atoms with E-state index in [1.807, 2.05) is 6.92 Å². The summed E-state index contributed by atoms with van der Waals surface area (Å²) >= 11 is 0. The molecule has 1 N–H and O–H groups in total. The summed E-state index contributed by atoms with van der Waals surface area (Å²) in [6, 6.07) is 22.7. The minimum Gasteiger partial charge on any atom is -0.507 e. The van der Waals surface area contributed by atoms with Crippen LogP contribution in [-0.2, 0) is 35.5 Å². The Morgan fingerprint density at radius 2 is 1.00 bits per heavy atom. The van der Waals surface area contributed by atoms with Gasteiger partial charge in [0, 0.05) is 16.7 Å². The third-order valence-electron chi connectivity index (χ3n) is 10.1. The Balaban J connectivity index is 1.95. The van der Waals surface area contributed by atoms with Crippen LogP contribution in [0.3, 0.4) is 0 Å². The third kappa shape index (κ3) is 8.02. The Morgan fingerprint density at radius 1 is 0.596 bits per heavy atom. The van der Waals surface area contributed by atoms with Gasteiger partial charge in [-0.3, -0.25) is 0 Å². The molecular formula is C46H58O. The van der Waals surface area contributed by atoms with Gasteiger partial charge in [-0.15, -0.1) is 5.73 Å². The van der Waals surface area contributed by atoms with E-state index >= 15 is 0 Å². The van der Waals surface area contributed by atoms with Gasteiger partial charge in [-0.25, -0.2) is 0 Å². The maximum absolute atomic E-state index is 11.3. The minimum absolute atomic E-state index is 0.0983. The van der Waals surface area contributed by atoms with E-state index in [1.54, 1.807) is 0 Å². The summed E-state index contributed by atoms with van der Waals surface area (Å²) < 4.78 is 0. The molecule has 0 fully saturated rings. The highest BCUT2D eigenvalue weighted by molar-refractivity contribution is 5.71. The van der Waals surface area contributed by atoms with Crippen molar-refractivity contribution in [3.8, 4) is 5.75 Å². The SMILES string of the molecule is C=C=C(C)c1cc(Cc2c(C)c(Cc3cccc(C(C)(C)C)c3)c(C)c(Cc3cccc(C(C)(C)C)c3)c2C)cc(C(C)(C)C)c1O. The lowest BCUT2D eigenvalue weighted by molar-refractivity contribution is 0.444. The van der Waals surface area contributed by atoms with Gasteiger partial charge in [0.15, 0.2) is 0 Å². The van der Waals surface area contributed by atoms with Crippen LogP contribution in [0.2, 0.25) is 0 Å². The third-order valence-corrected chi connectivity index (χ3v) is 10.1. The molecule has 0 radical (unpaired) electrons. The summed E-state index contributed by atoms with van der Waals surface area (Å²) in [5.74, 6) is 0.339. The first-order valence-electron chi connectivity index (χ1n) is 17.2. The molecule has 0 saturated heterocycles. The molecule has 248 valence electrons. The number of aromatic hydroxyl groups is 1. The topological polar surface area (TPSA) is 20.2 Å². The van der Waals surface area contributed by atoms with Crippen molar-refractivity contribution >= 4 is 5.57 Å². The number of phenolic OH excluding ortho intramolecular Hbond substituents is 1. The quantitative estimate of drug-likeness (QED) is 0.202. The zero-order valence-corrected chi connectivity index (χ0v) is 31.5. The standard InChI is InChI=1S/C46H58O/c1-15-29(2)38-26-35(28-42(43(38)47)46(12,13)14)27-41-31(4)39(24-33-18-16-20-36(22-33)44(6,7)8)30(3)40(32(41)5)25-34-19-17-21-37(23-34)45(9,10)11/h16-23,26,28,47H,1,24-25,27H2,2-14H3. The van der Waals surface area contributed by atoms with E-state index in [-0.39, 0.29) is 16.2 Å². The molecule has 0 heterocycles. The number of rotatable bonds is 7. The first-order valence-corrected chi connectivity index (χ1v) is 17.2. The van der Waals surface area contributed by atoms with E-state index in [0.717, 1.165) is 36.0 Å². The van der Waals surface area contributed by atoms with E-state index in [0.29, 0.717) is 5.75 Å². The van der Waals surface area contributed by atoms with Crippen molar-refractivity contribution < 1.29 is 5.11 Å². The van der Waals surface area contributed by atoms with Gasteiger partial charge < -0.3 is 5.11 Å². The summed E-state index contributed by atoms with van der Waals surface area (Å²) in [5, 5.41) is 11.3. The first-order chi connectivity index (χ1) is 21.7. The summed E-state index contributed by atoms with van der Waals surface area (Å²) in [4.78, 5) is 0. The molecule has 0 unspecified atom stereocenters. The number of benzene rings is 4. The molecule has 0 aliphatic heterocycles. The molecule has 1 heteroatoms. The van der Waals surface area contributed by atoms with Crippen LogP contribution in [0.4, 0.5) is 0 Å². The molecule has 0 aliphatic carbocycles. The van der Waals surface area contributed by atoms with Crippen molar-refractivity contribution in [3.05, 3.63) is 145 Å². The summed E-state index contributed by atoms with van der Waals surface area (Å²) in [6.07, 6.45) is 2.59. The summed E-state index contributed by atoms with van der Waals surface area (Å²) in [7, 11) is 0. The fourth-order valence-corrected chi connectivity index (χ4v) is 6.84. The average Bonchev–Trinajstić information content (AvgIpc) is 2.98. The van der Waals surface area contributed by atoms with Crippen LogP contribution in [0.1, 0.15) is 142 Å². The van der Waals surface area contributed by atoms with Gasteiger partial charge in [0.1, 0.15) is 5.75 Å². The molecule has 4 rings (SSSR count). The molecule has 47 heavy (non-hydrogen) atoms.